The summed E-state index contributed by atoms with van der Waals surface area (Å²) in [6.07, 6.45) is 2.21. The number of ether oxygens (including phenoxy) is 4. The normalized spacial score (nSPS) is 12.6. The lowest BCUT2D eigenvalue weighted by atomic mass is 10.00. The molecule has 5 nitrogen and oxygen atoms in total. The highest BCUT2D eigenvalue weighted by Crippen LogP contribution is 2.40. The summed E-state index contributed by atoms with van der Waals surface area (Å²) in [5, 5.41) is 5.64. The molecule has 1 aromatic heterocycles. The van der Waals surface area contributed by atoms with E-state index < -0.39 is 0 Å². The summed E-state index contributed by atoms with van der Waals surface area (Å²) in [5.74, 6) is 3.08. The molecule has 2 heterocycles. The predicted octanol–water partition coefficient (Wildman–Crippen LogP) is 1.50. The Morgan fingerprint density at radius 3 is 2.38 bits per heavy atom. The first-order valence-electron chi connectivity index (χ1n) is 9.38. The van der Waals surface area contributed by atoms with Crippen LogP contribution in [0.2, 0.25) is 0 Å². The molecule has 3 aromatic carbocycles. The number of methoxy groups -OCH3 is 1. The van der Waals surface area contributed by atoms with Gasteiger partial charge in [0, 0.05) is 5.39 Å². The van der Waals surface area contributed by atoms with Crippen molar-refractivity contribution >= 4 is 32.4 Å². The number of halogens is 1. The summed E-state index contributed by atoms with van der Waals surface area (Å²) >= 11 is 0. The SMILES string of the molecule is COc1cc2c(cc1OC(C)C)c[n+](C)c1c3cc4c(cc3ccc21)OCO4.[Cl-]. The Morgan fingerprint density at radius 2 is 1.66 bits per heavy atom. The Hall–Kier alpha value is -2.92. The maximum absolute atomic E-state index is 5.95. The molecular formula is C23H22ClNO4. The third-order valence-electron chi connectivity index (χ3n) is 5.16. The van der Waals surface area contributed by atoms with Crippen molar-refractivity contribution in [3.8, 4) is 23.0 Å². The van der Waals surface area contributed by atoms with E-state index in [0.717, 1.165) is 55.4 Å². The minimum atomic E-state index is 0. The molecule has 0 N–H and O–H groups in total. The van der Waals surface area contributed by atoms with Crippen molar-refractivity contribution in [2.75, 3.05) is 13.9 Å². The monoisotopic (exact) mass is 411 g/mol. The number of hydrogen-bond acceptors (Lipinski definition) is 4. The molecule has 6 heteroatoms. The molecule has 1 aliphatic heterocycles. The molecule has 0 atom stereocenters. The zero-order chi connectivity index (χ0) is 19.4. The van der Waals surface area contributed by atoms with Crippen molar-refractivity contribution in [2.24, 2.45) is 7.05 Å². The van der Waals surface area contributed by atoms with Gasteiger partial charge in [0.15, 0.2) is 29.2 Å². The Labute approximate surface area is 175 Å². The molecule has 0 unspecified atom stereocenters. The van der Waals surface area contributed by atoms with Crippen LogP contribution in [0.15, 0.2) is 42.6 Å². The maximum atomic E-state index is 5.95. The second-order valence-electron chi connectivity index (χ2n) is 7.39. The van der Waals surface area contributed by atoms with Crippen LogP contribution in [0.4, 0.5) is 0 Å². The molecule has 150 valence electrons. The van der Waals surface area contributed by atoms with Crippen LogP contribution < -0.4 is 35.9 Å². The average molecular weight is 412 g/mol. The Balaban J connectivity index is 0.00000205. The lowest BCUT2D eigenvalue weighted by molar-refractivity contribution is -0.642. The summed E-state index contributed by atoms with van der Waals surface area (Å²) in [6, 6.07) is 12.5. The second kappa shape index (κ2) is 7.16. The van der Waals surface area contributed by atoms with E-state index in [-0.39, 0.29) is 25.3 Å². The molecule has 5 rings (SSSR count). The van der Waals surface area contributed by atoms with Crippen LogP contribution in [0.25, 0.3) is 32.4 Å². The molecule has 29 heavy (non-hydrogen) atoms. The highest BCUT2D eigenvalue weighted by Gasteiger charge is 2.21. The van der Waals surface area contributed by atoms with Crippen LogP contribution >= 0.6 is 0 Å². The molecule has 0 spiro atoms. The summed E-state index contributed by atoms with van der Waals surface area (Å²) in [5.41, 5.74) is 1.14. The number of rotatable bonds is 3. The van der Waals surface area contributed by atoms with E-state index >= 15 is 0 Å². The number of fused-ring (bicyclic) bond motifs is 6. The third kappa shape index (κ3) is 3.06. The van der Waals surface area contributed by atoms with E-state index in [1.807, 2.05) is 19.9 Å². The van der Waals surface area contributed by atoms with E-state index in [1.54, 1.807) is 7.11 Å². The van der Waals surface area contributed by atoms with Crippen molar-refractivity contribution in [1.29, 1.82) is 0 Å². The van der Waals surface area contributed by atoms with E-state index in [4.69, 9.17) is 18.9 Å². The van der Waals surface area contributed by atoms with Crippen LogP contribution in [0.1, 0.15) is 13.8 Å². The average Bonchev–Trinajstić information content (AvgIpc) is 3.12. The molecular weight excluding hydrogens is 390 g/mol. The van der Waals surface area contributed by atoms with Crippen molar-refractivity contribution in [2.45, 2.75) is 20.0 Å². The van der Waals surface area contributed by atoms with Crippen molar-refractivity contribution < 1.29 is 35.9 Å². The second-order valence-corrected chi connectivity index (χ2v) is 7.39. The molecule has 0 amide bonds. The third-order valence-corrected chi connectivity index (χ3v) is 5.16. The fraction of sp³-hybridized carbons (Fsp3) is 0.261. The van der Waals surface area contributed by atoms with Gasteiger partial charge in [0.1, 0.15) is 7.05 Å². The van der Waals surface area contributed by atoms with Gasteiger partial charge in [0.2, 0.25) is 12.3 Å². The number of benzene rings is 3. The lowest BCUT2D eigenvalue weighted by Crippen LogP contribution is -3.00. The van der Waals surface area contributed by atoms with Gasteiger partial charge >= 0.3 is 0 Å². The highest BCUT2D eigenvalue weighted by molar-refractivity contribution is 6.14. The van der Waals surface area contributed by atoms with Crippen LogP contribution in [0.5, 0.6) is 23.0 Å². The van der Waals surface area contributed by atoms with Gasteiger partial charge in [-0.1, -0.05) is 6.07 Å². The molecule has 4 aromatic rings. The number of aromatic nitrogens is 1. The summed E-state index contributed by atoms with van der Waals surface area (Å²) in [4.78, 5) is 0. The largest absolute Gasteiger partial charge is 1.00 e. The lowest BCUT2D eigenvalue weighted by Gasteiger charge is -2.15. The minimum Gasteiger partial charge on any atom is -1.00 e. The van der Waals surface area contributed by atoms with Crippen LogP contribution in [0, 0.1) is 0 Å². The molecule has 0 saturated heterocycles. The van der Waals surface area contributed by atoms with Crippen molar-refractivity contribution in [3.63, 3.8) is 0 Å². The summed E-state index contributed by atoms with van der Waals surface area (Å²) in [6.45, 7) is 4.30. The van der Waals surface area contributed by atoms with E-state index in [2.05, 4.69) is 48.1 Å². The predicted molar refractivity (Wildman–Crippen MR) is 109 cm³/mol. The van der Waals surface area contributed by atoms with Gasteiger partial charge in [0.25, 0.3) is 0 Å². The number of pyridine rings is 1. The molecule has 0 saturated carbocycles. The first-order chi connectivity index (χ1) is 13.5. The van der Waals surface area contributed by atoms with Gasteiger partial charge in [0.05, 0.1) is 29.4 Å². The molecule has 0 radical (unpaired) electrons. The van der Waals surface area contributed by atoms with Crippen LogP contribution in [-0.2, 0) is 7.05 Å². The fourth-order valence-electron chi connectivity index (χ4n) is 3.99. The van der Waals surface area contributed by atoms with Crippen LogP contribution in [-0.4, -0.2) is 20.0 Å². The first kappa shape index (κ1) is 19.4. The topological polar surface area (TPSA) is 40.8 Å². The quantitative estimate of drug-likeness (QED) is 0.378. The van der Waals surface area contributed by atoms with Gasteiger partial charge in [-0.2, -0.15) is 4.57 Å². The number of aryl methyl sites for hydroxylation is 1. The smallest absolute Gasteiger partial charge is 0.231 e. The highest BCUT2D eigenvalue weighted by atomic mass is 35.5. The molecule has 1 aliphatic rings. The zero-order valence-corrected chi connectivity index (χ0v) is 17.5. The van der Waals surface area contributed by atoms with Gasteiger partial charge in [-0.25, -0.2) is 0 Å². The van der Waals surface area contributed by atoms with E-state index in [1.165, 1.54) is 0 Å². The molecule has 0 fully saturated rings. The van der Waals surface area contributed by atoms with Gasteiger partial charge in [-0.15, -0.1) is 0 Å². The minimum absolute atomic E-state index is 0. The Morgan fingerprint density at radius 1 is 0.897 bits per heavy atom. The van der Waals surface area contributed by atoms with Gasteiger partial charge < -0.3 is 31.4 Å². The van der Waals surface area contributed by atoms with Crippen molar-refractivity contribution in [1.82, 2.24) is 0 Å². The van der Waals surface area contributed by atoms with Gasteiger partial charge in [-0.3, -0.25) is 0 Å². The fourth-order valence-corrected chi connectivity index (χ4v) is 3.99. The maximum Gasteiger partial charge on any atom is 0.231 e. The van der Waals surface area contributed by atoms with Crippen LogP contribution in [0.3, 0.4) is 0 Å². The number of nitrogens with zero attached hydrogens (tertiary/aromatic N) is 1. The first-order valence-corrected chi connectivity index (χ1v) is 9.38. The standard InChI is InChI=1S/C23H22NO4.ClH/c1-13(2)28-22-8-15-11-24(3)23-16(17(15)9-19(22)25-4)6-5-14-7-20-21(10-18(14)23)27-12-26-20;/h5-11,13H,12H2,1-4H3;1H/q+1;/p-1. The Kier molecular flexibility index (Phi) is 4.79. The summed E-state index contributed by atoms with van der Waals surface area (Å²) < 4.78 is 24.9. The zero-order valence-electron chi connectivity index (χ0n) is 16.8. The summed E-state index contributed by atoms with van der Waals surface area (Å²) in [7, 11) is 3.74. The van der Waals surface area contributed by atoms with E-state index in [9.17, 15) is 0 Å². The van der Waals surface area contributed by atoms with E-state index in [0.29, 0.717) is 0 Å². The Bertz CT molecular complexity index is 1250. The van der Waals surface area contributed by atoms with Crippen molar-refractivity contribution in [3.05, 3.63) is 42.6 Å². The number of hydrogen-bond donors (Lipinski definition) is 0. The molecule has 0 aliphatic carbocycles. The van der Waals surface area contributed by atoms with Gasteiger partial charge in [-0.05, 0) is 49.6 Å². The molecule has 0 bridgehead atoms.